The highest BCUT2D eigenvalue weighted by molar-refractivity contribution is 5.98. The normalized spacial score (nSPS) is 13.8. The number of aromatic hydroxyl groups is 2. The number of aromatic amines is 2. The minimum Gasteiger partial charge on any atom is -0.508 e. The summed E-state index contributed by atoms with van der Waals surface area (Å²) in [6.07, 6.45) is 5.16. The van der Waals surface area contributed by atoms with Crippen molar-refractivity contribution in [2.45, 2.75) is 100 Å². The van der Waals surface area contributed by atoms with Crippen LogP contribution in [0.15, 0.2) is 152 Å². The topological polar surface area (TPSA) is 349 Å². The van der Waals surface area contributed by atoms with Gasteiger partial charge in [0.15, 0.2) is 0 Å². The molecule has 0 aliphatic carbocycles. The van der Waals surface area contributed by atoms with Gasteiger partial charge in [-0.3, -0.25) is 28.8 Å². The average Bonchev–Trinajstić information content (AvgIpc) is 4.13. The number of carbonyl (C=O) groups is 7. The number of nitrogens with two attached hydrogens (primary N) is 2. The van der Waals surface area contributed by atoms with Gasteiger partial charge in [-0.25, -0.2) is 9.78 Å². The SMILES string of the molecule is NCCCC[C@H](NC(=O)[C@@H](Cc1ccccc1)NC(=O)[C@H](Cc1ccc(O)cc1)NC(=O)[C@@H](Cc1c[nH]cn1)NC(=O)[C@H](Cc1c[nH]c2ccccc12)NC(=O)[C@@H](N)Cc1ccc(O)cc1)C(=O)N[C@@H](Cc1ccccc1)C(=O)O. The number of hydrogen-bond acceptors (Lipinski definition) is 12. The Labute approximate surface area is 461 Å². The van der Waals surface area contributed by atoms with Crippen LogP contribution < -0.4 is 43.4 Å². The van der Waals surface area contributed by atoms with Gasteiger partial charge in [0.2, 0.25) is 35.4 Å². The third-order valence-corrected chi connectivity index (χ3v) is 13.5. The Morgan fingerprint density at radius 1 is 0.475 bits per heavy atom. The Bertz CT molecular complexity index is 3160. The van der Waals surface area contributed by atoms with Gasteiger partial charge in [0.05, 0.1) is 18.1 Å². The van der Waals surface area contributed by atoms with Crippen LogP contribution in [0.2, 0.25) is 0 Å². The Balaban J connectivity index is 1.15. The molecule has 7 atom stereocenters. The van der Waals surface area contributed by atoms with Crippen LogP contribution in [0.25, 0.3) is 10.9 Å². The number of H-pyrrole nitrogens is 2. The van der Waals surface area contributed by atoms with Crippen molar-refractivity contribution in [2.24, 2.45) is 11.5 Å². The second-order valence-corrected chi connectivity index (χ2v) is 19.5. The van der Waals surface area contributed by atoms with E-state index < -0.39 is 83.7 Å². The number of amides is 6. The molecule has 0 fully saturated rings. The maximum atomic E-state index is 14.9. The number of imidazole rings is 1. The molecular formula is C59H67N11O10. The number of nitrogens with zero attached hydrogens (tertiary/aromatic N) is 1. The lowest BCUT2D eigenvalue weighted by atomic mass is 10.00. The predicted octanol–water partition coefficient (Wildman–Crippen LogP) is 2.51. The zero-order chi connectivity index (χ0) is 57.0. The molecule has 0 spiro atoms. The lowest BCUT2D eigenvalue weighted by Crippen LogP contribution is -2.61. The molecular weight excluding hydrogens is 1020 g/mol. The molecule has 80 heavy (non-hydrogen) atoms. The molecule has 0 saturated heterocycles. The van der Waals surface area contributed by atoms with E-state index in [4.69, 9.17) is 11.5 Å². The highest BCUT2D eigenvalue weighted by atomic mass is 16.4. The number of phenolic OH excluding ortho intramolecular Hbond substituents is 2. The summed E-state index contributed by atoms with van der Waals surface area (Å²) >= 11 is 0. The van der Waals surface area contributed by atoms with Crippen LogP contribution in [0.1, 0.15) is 52.8 Å². The summed E-state index contributed by atoms with van der Waals surface area (Å²) in [6, 6.07) is 27.7. The maximum absolute atomic E-state index is 14.9. The van der Waals surface area contributed by atoms with E-state index >= 15 is 0 Å². The Morgan fingerprint density at radius 3 is 1.44 bits per heavy atom. The first-order valence-corrected chi connectivity index (χ1v) is 26.3. The van der Waals surface area contributed by atoms with E-state index in [1.54, 1.807) is 91.1 Å². The van der Waals surface area contributed by atoms with Crippen LogP contribution in [0.5, 0.6) is 11.5 Å². The van der Waals surface area contributed by atoms with E-state index in [0.717, 1.165) is 10.9 Å². The highest BCUT2D eigenvalue weighted by Gasteiger charge is 2.35. The number of aliphatic carboxylic acids is 1. The minimum atomic E-state index is -1.45. The van der Waals surface area contributed by atoms with Crippen LogP contribution in [0.3, 0.4) is 0 Å². The third kappa shape index (κ3) is 17.3. The maximum Gasteiger partial charge on any atom is 0.326 e. The fourth-order valence-electron chi connectivity index (χ4n) is 9.12. The molecule has 0 radical (unpaired) electrons. The van der Waals surface area contributed by atoms with Gasteiger partial charge in [-0.15, -0.1) is 0 Å². The van der Waals surface area contributed by atoms with Gasteiger partial charge >= 0.3 is 5.97 Å². The molecule has 0 saturated carbocycles. The first kappa shape index (κ1) is 58.3. The molecule has 6 amide bonds. The van der Waals surface area contributed by atoms with Gasteiger partial charge in [-0.2, -0.15) is 0 Å². The molecule has 0 bridgehead atoms. The van der Waals surface area contributed by atoms with Gasteiger partial charge in [-0.05, 0) is 90.4 Å². The molecule has 7 rings (SSSR count). The number of carboxylic acid groups (broad SMARTS) is 1. The number of carbonyl (C=O) groups excluding carboxylic acids is 6. The number of aromatic nitrogens is 3. The first-order valence-electron chi connectivity index (χ1n) is 26.3. The van der Waals surface area contributed by atoms with Crippen LogP contribution in [-0.2, 0) is 72.1 Å². The number of phenols is 2. The number of hydrogen-bond donors (Lipinski definition) is 13. The second-order valence-electron chi connectivity index (χ2n) is 19.5. The first-order chi connectivity index (χ1) is 38.6. The summed E-state index contributed by atoms with van der Waals surface area (Å²) in [5.41, 5.74) is 16.4. The number of carboxylic acids is 1. The number of para-hydroxylation sites is 1. The summed E-state index contributed by atoms with van der Waals surface area (Å²) in [4.78, 5) is 110. The molecule has 5 aromatic carbocycles. The van der Waals surface area contributed by atoms with E-state index in [1.807, 2.05) is 24.3 Å². The van der Waals surface area contributed by atoms with Crippen LogP contribution in [0, 0.1) is 0 Å². The fourth-order valence-corrected chi connectivity index (χ4v) is 9.12. The lowest BCUT2D eigenvalue weighted by Gasteiger charge is -2.28. The Hall–Kier alpha value is -9.34. The van der Waals surface area contributed by atoms with Gasteiger partial charge in [-0.1, -0.05) is 103 Å². The smallest absolute Gasteiger partial charge is 0.326 e. The molecule has 21 nitrogen and oxygen atoms in total. The summed E-state index contributed by atoms with van der Waals surface area (Å²) in [7, 11) is 0. The van der Waals surface area contributed by atoms with Gasteiger partial charge in [0.25, 0.3) is 0 Å². The number of benzene rings is 5. The Morgan fingerprint density at radius 2 is 0.912 bits per heavy atom. The summed E-state index contributed by atoms with van der Waals surface area (Å²) in [5.74, 6) is -5.96. The van der Waals surface area contributed by atoms with Crippen molar-refractivity contribution in [2.75, 3.05) is 6.54 Å². The van der Waals surface area contributed by atoms with Crippen LogP contribution >= 0.6 is 0 Å². The number of rotatable bonds is 29. The molecule has 2 heterocycles. The van der Waals surface area contributed by atoms with Crippen LogP contribution in [-0.4, -0.2) is 121 Å². The molecule has 21 heteroatoms. The van der Waals surface area contributed by atoms with Crippen molar-refractivity contribution in [3.05, 3.63) is 186 Å². The second kappa shape index (κ2) is 28.9. The van der Waals surface area contributed by atoms with Crippen LogP contribution in [0.4, 0.5) is 0 Å². The van der Waals surface area contributed by atoms with E-state index in [-0.39, 0.29) is 56.4 Å². The standard InChI is InChI=1S/C59H67N11O10/c60-26-10-9-17-47(54(74)70-52(59(79)80)30-37-13-5-2-6-14-37)65-55(75)48(28-36-11-3-1-4-12-36)67-56(76)49(29-39-20-24-43(72)25-21-39)68-58(78)51(32-41-34-62-35-64-41)69-57(77)50(31-40-33-63-46-16-8-7-15-44(40)46)66-53(73)45(61)27-38-18-22-42(71)23-19-38/h1-8,11-16,18-25,33-35,45,47-52,63,71-72H,9-10,17,26-32,60-61H2,(H,62,64)(H,65,75)(H,66,73)(H,67,76)(H,68,78)(H,69,77)(H,70,74)(H,79,80)/t45-,47-,48+,49-,50-,51+,52-/m0/s1. The molecule has 0 unspecified atom stereocenters. The molecule has 0 aliphatic rings. The largest absolute Gasteiger partial charge is 0.508 e. The van der Waals surface area contributed by atoms with Crippen molar-refractivity contribution in [1.29, 1.82) is 0 Å². The van der Waals surface area contributed by atoms with Crippen molar-refractivity contribution >= 4 is 52.3 Å². The summed E-state index contributed by atoms with van der Waals surface area (Å²) < 4.78 is 0. The quantitative estimate of drug-likeness (QED) is 0.0300. The van der Waals surface area contributed by atoms with E-state index in [1.165, 1.54) is 36.8 Å². The third-order valence-electron chi connectivity index (χ3n) is 13.5. The number of unbranched alkanes of at least 4 members (excludes halogenated alkanes) is 1. The molecule has 15 N–H and O–H groups in total. The van der Waals surface area contributed by atoms with Crippen molar-refractivity contribution < 1.29 is 48.9 Å². The summed E-state index contributed by atoms with van der Waals surface area (Å²) in [6.45, 7) is 0.293. The highest BCUT2D eigenvalue weighted by Crippen LogP contribution is 2.21. The van der Waals surface area contributed by atoms with E-state index in [0.29, 0.717) is 52.9 Å². The predicted molar refractivity (Wildman–Crippen MR) is 298 cm³/mol. The molecule has 0 aliphatic heterocycles. The zero-order valence-corrected chi connectivity index (χ0v) is 43.8. The van der Waals surface area contributed by atoms with Gasteiger partial charge in [0.1, 0.15) is 47.8 Å². The molecule has 418 valence electrons. The fraction of sp³-hybridized carbons (Fsp3) is 0.288. The average molecular weight is 1090 g/mol. The number of nitrogens with one attached hydrogen (secondary N) is 8. The van der Waals surface area contributed by atoms with Crippen molar-refractivity contribution in [3.8, 4) is 11.5 Å². The number of fused-ring (bicyclic) bond motifs is 1. The molecule has 7 aromatic rings. The van der Waals surface area contributed by atoms with Gasteiger partial charge in [0, 0.05) is 55.4 Å². The Kier molecular flexibility index (Phi) is 21.1. The van der Waals surface area contributed by atoms with Crippen molar-refractivity contribution in [3.63, 3.8) is 0 Å². The van der Waals surface area contributed by atoms with E-state index in [2.05, 4.69) is 46.9 Å². The van der Waals surface area contributed by atoms with Crippen molar-refractivity contribution in [1.82, 2.24) is 46.9 Å². The molecule has 2 aromatic heterocycles. The summed E-state index contributed by atoms with van der Waals surface area (Å²) in [5, 5.41) is 47.4. The van der Waals surface area contributed by atoms with Gasteiger partial charge < -0.3 is 68.7 Å². The minimum absolute atomic E-state index is 0.0294. The monoisotopic (exact) mass is 1090 g/mol. The lowest BCUT2D eigenvalue weighted by molar-refractivity contribution is -0.142. The zero-order valence-electron chi connectivity index (χ0n) is 43.8. The van der Waals surface area contributed by atoms with E-state index in [9.17, 15) is 48.9 Å².